The van der Waals surface area contributed by atoms with E-state index in [1.165, 1.54) is 83.8 Å². The molecule has 9 nitrogen and oxygen atoms in total. The van der Waals surface area contributed by atoms with Crippen LogP contribution < -0.4 is 71.6 Å². The van der Waals surface area contributed by atoms with E-state index in [9.17, 15) is 0 Å². The van der Waals surface area contributed by atoms with Gasteiger partial charge in [-0.15, -0.1) is 17.1 Å². The summed E-state index contributed by atoms with van der Waals surface area (Å²) in [7, 11) is 0. The first-order valence-electron chi connectivity index (χ1n) is 41.3. The number of benzene rings is 6. The van der Waals surface area contributed by atoms with Crippen molar-refractivity contribution in [1.29, 1.82) is 0 Å². The van der Waals surface area contributed by atoms with Gasteiger partial charge >= 0.3 is 56.6 Å². The monoisotopic (exact) mass is 1500 g/mol. The maximum atomic E-state index is 5.10. The Balaban J connectivity index is -0.00000142. The number of rotatable bonds is 30. The first-order chi connectivity index (χ1) is 50.8. The molecule has 3 N–H and O–H groups in total. The zero-order chi connectivity index (χ0) is 82.2. The summed E-state index contributed by atoms with van der Waals surface area (Å²) in [6.07, 6.45) is 6.51. The summed E-state index contributed by atoms with van der Waals surface area (Å²) in [6, 6.07) is 39.7. The fraction of sp³-hybridized carbons (Fsp3) is 0.545. The molecule has 6 aromatic carbocycles. The summed E-state index contributed by atoms with van der Waals surface area (Å²) in [5.74, 6) is 5.47. The van der Waals surface area contributed by atoms with Gasteiger partial charge in [-0.1, -0.05) is 330 Å². The molecule has 0 amide bonds. The van der Waals surface area contributed by atoms with Gasteiger partial charge in [0, 0.05) is 93.8 Å². The molecule has 0 atom stereocenters. The first kappa shape index (κ1) is 110. The quantitative estimate of drug-likeness (QED) is 0.0308. The van der Waals surface area contributed by atoms with Gasteiger partial charge in [-0.05, 0) is 131 Å². The number of hydrogen-bond acceptors (Lipinski definition) is 3. The maximum absolute atomic E-state index is 5.10. The van der Waals surface area contributed by atoms with Crippen molar-refractivity contribution in [2.24, 2.45) is 0 Å². The van der Waals surface area contributed by atoms with Crippen LogP contribution in [0.1, 0.15) is 387 Å². The van der Waals surface area contributed by atoms with Crippen molar-refractivity contribution in [1.82, 2.24) is 0 Å². The van der Waals surface area contributed by atoms with Crippen LogP contribution in [0.25, 0.3) is 16.0 Å². The molecular weight excluding hydrogens is 1340 g/mol. The molecular formula is C99H156Li3N6O3+3. The number of allylic oxidation sites excluding steroid dienone is 6. The Morgan fingerprint density at radius 3 is 0.477 bits per heavy atom. The Kier molecular flexibility index (Phi) is 57.8. The van der Waals surface area contributed by atoms with E-state index < -0.39 is 0 Å². The normalized spacial score (nSPS) is 12.1. The molecule has 0 bridgehead atoms. The van der Waals surface area contributed by atoms with Crippen LogP contribution in [0.15, 0.2) is 145 Å². The van der Waals surface area contributed by atoms with Gasteiger partial charge in [0.2, 0.25) is 17.1 Å². The van der Waals surface area contributed by atoms with E-state index in [0.29, 0.717) is 71.0 Å². The van der Waals surface area contributed by atoms with Crippen LogP contribution in [0.4, 0.5) is 34.1 Å². The minimum absolute atomic E-state index is 0. The molecule has 111 heavy (non-hydrogen) atoms. The third kappa shape index (κ3) is 38.8. The minimum atomic E-state index is 0. The smallest absolute Gasteiger partial charge is 0.661 e. The fourth-order valence-corrected chi connectivity index (χ4v) is 12.9. The van der Waals surface area contributed by atoms with Crippen molar-refractivity contribution in [3.63, 3.8) is 0 Å². The van der Waals surface area contributed by atoms with Crippen molar-refractivity contribution in [2.75, 3.05) is 39.6 Å². The van der Waals surface area contributed by atoms with Crippen LogP contribution in [0, 0.1) is 0 Å². The molecule has 0 radical (unpaired) electrons. The van der Waals surface area contributed by atoms with Crippen LogP contribution in [0.5, 0.6) is 0 Å². The average Bonchev–Trinajstić information content (AvgIpc) is 0.844. The molecule has 0 aliphatic carbocycles. The molecule has 0 spiro atoms. The molecule has 0 saturated heterocycles. The Labute approximate surface area is 718 Å². The SMILES string of the molecule is CC(/C=C(/C)[N-]c1c(C(C)C)cccc1C(C)C)=[NH+]c1c(C(C)C)cccc1C(C)C.CC(/C=C(/C)[N-]c1c(C(C)C)cccc1C(C)C)=[NH+]c1c(C(C)C)cccc1C(C)C.CC(/C=C(/C)[N-]c1c(C(C)C)cccc1C(C)C)=[NH+]c1c(C(C)C)cccc1C(C)C.CCOCC.CCOCC.CCOCC.[Li+].[Li+].[Li+]. The van der Waals surface area contributed by atoms with E-state index in [1.807, 2.05) is 41.5 Å². The van der Waals surface area contributed by atoms with Gasteiger partial charge in [0.25, 0.3) is 0 Å². The van der Waals surface area contributed by atoms with Gasteiger partial charge in [-0.2, -0.15) is 17.1 Å². The van der Waals surface area contributed by atoms with Gasteiger partial charge in [0.15, 0.2) is 17.1 Å². The van der Waals surface area contributed by atoms with Crippen molar-refractivity contribution in [3.8, 4) is 0 Å². The van der Waals surface area contributed by atoms with Crippen molar-refractivity contribution in [3.05, 3.63) is 227 Å². The molecule has 0 saturated carbocycles. The van der Waals surface area contributed by atoms with Gasteiger partial charge < -0.3 is 30.2 Å². The number of ether oxygens (including phenoxy) is 3. The first-order valence-corrected chi connectivity index (χ1v) is 41.3. The molecule has 0 aliphatic heterocycles. The summed E-state index contributed by atoms with van der Waals surface area (Å²) in [4.78, 5) is 11.1. The second kappa shape index (κ2) is 58.5. The Morgan fingerprint density at radius 2 is 0.369 bits per heavy atom. The maximum Gasteiger partial charge on any atom is 1.00 e. The van der Waals surface area contributed by atoms with Gasteiger partial charge in [-0.3, -0.25) is 0 Å². The van der Waals surface area contributed by atoms with Crippen LogP contribution in [0.2, 0.25) is 0 Å². The predicted molar refractivity (Wildman–Crippen MR) is 478 cm³/mol. The van der Waals surface area contributed by atoms with Crippen LogP contribution in [-0.2, 0) is 14.2 Å². The number of para-hydroxylation sites is 6. The van der Waals surface area contributed by atoms with Crippen molar-refractivity contribution >= 4 is 51.3 Å². The number of hydrogen-bond donors (Lipinski definition) is 3. The minimum Gasteiger partial charge on any atom is -0.661 e. The van der Waals surface area contributed by atoms with Gasteiger partial charge in [-0.25, -0.2) is 15.0 Å². The standard InChI is InChI=1S/3C29H41N2.3C4H10O.3Li/c3*1-18(2)24-13-11-14-25(19(3)4)28(24)30-22(9)17-23(10)31-29-26(20(5)6)15-12-16-27(29)21(7)8;3*1-3-5-4-2;;;/h3*11-21H,1-10H3;3*3-4H2,1-2H3;;;/q3*-1;;;;3*+1/p+3/b3*22-17-,31-23?;;;;;;. The van der Waals surface area contributed by atoms with Gasteiger partial charge in [0.1, 0.15) is 0 Å². The molecule has 600 valence electrons. The Hall–Kier alpha value is -5.38. The molecule has 12 heteroatoms. The van der Waals surface area contributed by atoms with Crippen LogP contribution >= 0.6 is 0 Å². The topological polar surface area (TPSA) is 112 Å². The van der Waals surface area contributed by atoms with Crippen LogP contribution in [-0.4, -0.2) is 56.8 Å². The molecule has 0 aliphatic rings. The zero-order valence-electron chi connectivity index (χ0n) is 78.4. The van der Waals surface area contributed by atoms with E-state index >= 15 is 0 Å². The summed E-state index contributed by atoms with van der Waals surface area (Å²) < 4.78 is 14.5. The largest absolute Gasteiger partial charge is 1.00 e. The van der Waals surface area contributed by atoms with E-state index in [2.05, 4.69) is 350 Å². The Bertz CT molecular complexity index is 3230. The van der Waals surface area contributed by atoms with E-state index in [-0.39, 0.29) is 56.6 Å². The second-order valence-electron chi connectivity index (χ2n) is 32.1. The average molecular weight is 1500 g/mol. The third-order valence-corrected chi connectivity index (χ3v) is 18.5. The second-order valence-corrected chi connectivity index (χ2v) is 32.1. The van der Waals surface area contributed by atoms with E-state index in [4.69, 9.17) is 30.2 Å². The summed E-state index contributed by atoms with van der Waals surface area (Å²) in [5, 5.41) is 15.3. The zero-order valence-corrected chi connectivity index (χ0v) is 78.4. The van der Waals surface area contributed by atoms with Crippen molar-refractivity contribution in [2.45, 2.75) is 320 Å². The predicted octanol–water partition coefficient (Wildman–Crippen LogP) is 18.0. The molecule has 6 rings (SSSR count). The summed E-state index contributed by atoms with van der Waals surface area (Å²) >= 11 is 0. The number of nitrogens with one attached hydrogen (secondary N) is 3. The van der Waals surface area contributed by atoms with Gasteiger partial charge in [0.05, 0.1) is 0 Å². The Morgan fingerprint density at radius 1 is 0.243 bits per heavy atom. The van der Waals surface area contributed by atoms with E-state index in [1.54, 1.807) is 0 Å². The molecule has 0 heterocycles. The third-order valence-electron chi connectivity index (χ3n) is 18.5. The van der Waals surface area contributed by atoms with Crippen LogP contribution in [0.3, 0.4) is 0 Å². The molecule has 0 aromatic heterocycles. The summed E-state index contributed by atoms with van der Waals surface area (Å²) in [5.41, 5.74) is 29.6. The molecule has 0 unspecified atom stereocenters. The van der Waals surface area contributed by atoms with Crippen molar-refractivity contribution < 1.29 is 85.8 Å². The number of nitrogens with zero attached hydrogens (tertiary/aromatic N) is 3. The molecule has 6 aromatic rings. The molecule has 0 fully saturated rings. The fourth-order valence-electron chi connectivity index (χ4n) is 12.9. The van der Waals surface area contributed by atoms with E-state index in [0.717, 1.165) is 90.9 Å². The summed E-state index contributed by atoms with van der Waals surface area (Å²) in [6.45, 7) is 83.7.